The zero-order valence-corrected chi connectivity index (χ0v) is 20.1. The summed E-state index contributed by atoms with van der Waals surface area (Å²) in [4.78, 5) is 14.7. The van der Waals surface area contributed by atoms with Crippen LogP contribution in [0.15, 0.2) is 59.8 Å². The van der Waals surface area contributed by atoms with Crippen molar-refractivity contribution in [3.63, 3.8) is 0 Å². The number of nitrogens with zero attached hydrogens (tertiary/aromatic N) is 4. The second kappa shape index (κ2) is 10.9. The number of methoxy groups -OCH3 is 1. The lowest BCUT2D eigenvalue weighted by Gasteiger charge is -2.25. The third-order valence-electron chi connectivity index (χ3n) is 6.06. The fourth-order valence-corrected chi connectivity index (χ4v) is 4.78. The zero-order chi connectivity index (χ0) is 23.2. The summed E-state index contributed by atoms with van der Waals surface area (Å²) in [6.07, 6.45) is 2.21. The molecular weight excluding hydrogens is 436 g/mol. The Balaban J connectivity index is 1.50. The summed E-state index contributed by atoms with van der Waals surface area (Å²) >= 11 is 1.42. The van der Waals surface area contributed by atoms with Gasteiger partial charge in [0.1, 0.15) is 5.75 Å². The van der Waals surface area contributed by atoms with Crippen molar-refractivity contribution in [1.82, 2.24) is 19.7 Å². The Kier molecular flexibility index (Phi) is 7.67. The average Bonchev–Trinajstić information content (AvgIpc) is 3.52. The molecule has 174 valence electrons. The third-order valence-corrected chi connectivity index (χ3v) is 7.01. The molecule has 2 aromatic carbocycles. The van der Waals surface area contributed by atoms with Crippen LogP contribution in [0.2, 0.25) is 0 Å². The molecule has 0 radical (unpaired) electrons. The van der Waals surface area contributed by atoms with Gasteiger partial charge in [-0.15, -0.1) is 10.2 Å². The zero-order valence-electron chi connectivity index (χ0n) is 19.3. The molecule has 1 aliphatic heterocycles. The first-order chi connectivity index (χ1) is 16.1. The van der Waals surface area contributed by atoms with E-state index in [1.165, 1.54) is 11.8 Å². The average molecular weight is 467 g/mol. The summed E-state index contributed by atoms with van der Waals surface area (Å²) in [5.74, 6) is 1.91. The van der Waals surface area contributed by atoms with Gasteiger partial charge in [-0.25, -0.2) is 0 Å². The van der Waals surface area contributed by atoms with Crippen molar-refractivity contribution in [3.05, 3.63) is 60.2 Å². The molecular formula is C25H30N4O3S. The SMILES string of the molecule is COc1ccc(-c2nnc(SCC(=O)N(C)[C@@H](C)c3ccccc3)n2C[C@H]2CCCO2)cc1. The molecule has 4 rings (SSSR count). The second-order valence-electron chi connectivity index (χ2n) is 8.16. The Morgan fingerprint density at radius 2 is 1.97 bits per heavy atom. The molecule has 8 heteroatoms. The van der Waals surface area contributed by atoms with E-state index in [9.17, 15) is 4.79 Å². The maximum absolute atomic E-state index is 12.9. The van der Waals surface area contributed by atoms with Crippen molar-refractivity contribution >= 4 is 17.7 Å². The normalized spacial score (nSPS) is 16.5. The van der Waals surface area contributed by atoms with Crippen LogP contribution in [0.5, 0.6) is 5.75 Å². The van der Waals surface area contributed by atoms with Crippen LogP contribution in [-0.2, 0) is 16.1 Å². The third kappa shape index (κ3) is 5.57. The Hall–Kier alpha value is -2.84. The van der Waals surface area contributed by atoms with E-state index < -0.39 is 0 Å². The Morgan fingerprint density at radius 3 is 2.64 bits per heavy atom. The van der Waals surface area contributed by atoms with Gasteiger partial charge >= 0.3 is 0 Å². The van der Waals surface area contributed by atoms with Crippen LogP contribution in [0.4, 0.5) is 0 Å². The molecule has 1 saturated heterocycles. The highest BCUT2D eigenvalue weighted by molar-refractivity contribution is 7.99. The maximum atomic E-state index is 12.9. The van der Waals surface area contributed by atoms with Crippen LogP contribution in [0.25, 0.3) is 11.4 Å². The van der Waals surface area contributed by atoms with Crippen molar-refractivity contribution in [1.29, 1.82) is 0 Å². The molecule has 1 fully saturated rings. The largest absolute Gasteiger partial charge is 0.497 e. The van der Waals surface area contributed by atoms with Crippen LogP contribution in [0, 0.1) is 0 Å². The number of hydrogen-bond donors (Lipinski definition) is 0. The number of carbonyl (C=O) groups excluding carboxylic acids is 1. The number of rotatable bonds is 9. The van der Waals surface area contributed by atoms with E-state index in [0.717, 1.165) is 47.3 Å². The predicted molar refractivity (Wildman–Crippen MR) is 129 cm³/mol. The van der Waals surface area contributed by atoms with E-state index in [4.69, 9.17) is 9.47 Å². The molecule has 1 aromatic heterocycles. The molecule has 0 unspecified atom stereocenters. The van der Waals surface area contributed by atoms with E-state index in [1.54, 1.807) is 12.0 Å². The van der Waals surface area contributed by atoms with Gasteiger partial charge in [0.2, 0.25) is 5.91 Å². The summed E-state index contributed by atoms with van der Waals surface area (Å²) in [7, 11) is 3.50. The first-order valence-electron chi connectivity index (χ1n) is 11.2. The second-order valence-corrected chi connectivity index (χ2v) is 9.10. The van der Waals surface area contributed by atoms with Gasteiger partial charge in [0.05, 0.1) is 31.6 Å². The molecule has 7 nitrogen and oxygen atoms in total. The van der Waals surface area contributed by atoms with Gasteiger partial charge in [-0.3, -0.25) is 9.36 Å². The van der Waals surface area contributed by atoms with E-state index in [1.807, 2.05) is 68.6 Å². The van der Waals surface area contributed by atoms with Crippen molar-refractivity contribution in [2.45, 2.75) is 43.6 Å². The van der Waals surface area contributed by atoms with Crippen molar-refractivity contribution in [3.8, 4) is 17.1 Å². The van der Waals surface area contributed by atoms with Crippen LogP contribution >= 0.6 is 11.8 Å². The Bertz CT molecular complexity index is 1050. The standard InChI is InChI=1S/C25H30N4O3S/c1-18(19-8-5-4-6-9-19)28(2)23(30)17-33-25-27-26-24(20-11-13-21(31-3)14-12-20)29(25)16-22-10-7-15-32-22/h4-6,8-9,11-14,18,22H,7,10,15-17H2,1-3H3/t18-,22+/m0/s1. The summed E-state index contributed by atoms with van der Waals surface area (Å²) in [6, 6.07) is 17.8. The van der Waals surface area contributed by atoms with Crippen molar-refractivity contribution in [2.75, 3.05) is 26.5 Å². The summed E-state index contributed by atoms with van der Waals surface area (Å²) < 4.78 is 13.2. The lowest BCUT2D eigenvalue weighted by atomic mass is 10.1. The van der Waals surface area contributed by atoms with Gasteiger partial charge in [0, 0.05) is 19.2 Å². The van der Waals surface area contributed by atoms with Crippen LogP contribution in [0.1, 0.15) is 31.4 Å². The minimum Gasteiger partial charge on any atom is -0.497 e. The van der Waals surface area contributed by atoms with E-state index in [-0.39, 0.29) is 18.1 Å². The number of carbonyl (C=O) groups is 1. The lowest BCUT2D eigenvalue weighted by Crippen LogP contribution is -2.31. The minimum atomic E-state index is -0.00100. The highest BCUT2D eigenvalue weighted by Gasteiger charge is 2.23. The number of aromatic nitrogens is 3. The molecule has 0 aliphatic carbocycles. The first kappa shape index (κ1) is 23.3. The highest BCUT2D eigenvalue weighted by Crippen LogP contribution is 2.28. The maximum Gasteiger partial charge on any atom is 0.233 e. The van der Waals surface area contributed by atoms with Gasteiger partial charge in [-0.2, -0.15) is 0 Å². The summed E-state index contributed by atoms with van der Waals surface area (Å²) in [5, 5.41) is 9.62. The Labute approximate surface area is 199 Å². The van der Waals surface area contributed by atoms with Gasteiger partial charge in [0.25, 0.3) is 0 Å². The van der Waals surface area contributed by atoms with Gasteiger partial charge in [-0.05, 0) is 49.6 Å². The quantitative estimate of drug-likeness (QED) is 0.434. The fourth-order valence-electron chi connectivity index (χ4n) is 3.90. The van der Waals surface area contributed by atoms with E-state index >= 15 is 0 Å². The first-order valence-corrected chi connectivity index (χ1v) is 12.2. The molecule has 1 aliphatic rings. The summed E-state index contributed by atoms with van der Waals surface area (Å²) in [5.41, 5.74) is 2.07. The molecule has 0 N–H and O–H groups in total. The smallest absolute Gasteiger partial charge is 0.233 e. The predicted octanol–water partition coefficient (Wildman–Crippen LogP) is 4.44. The molecule has 0 saturated carbocycles. The van der Waals surface area contributed by atoms with Gasteiger partial charge in [-0.1, -0.05) is 42.1 Å². The summed E-state index contributed by atoms with van der Waals surface area (Å²) in [6.45, 7) is 3.49. The molecule has 3 aromatic rings. The lowest BCUT2D eigenvalue weighted by molar-refractivity contribution is -0.128. The highest BCUT2D eigenvalue weighted by atomic mass is 32.2. The van der Waals surface area contributed by atoms with Gasteiger partial charge < -0.3 is 14.4 Å². The number of hydrogen-bond acceptors (Lipinski definition) is 6. The number of ether oxygens (including phenoxy) is 2. The number of amides is 1. The molecule has 33 heavy (non-hydrogen) atoms. The number of benzene rings is 2. The molecule has 2 heterocycles. The van der Waals surface area contributed by atoms with E-state index in [2.05, 4.69) is 14.8 Å². The monoisotopic (exact) mass is 466 g/mol. The van der Waals surface area contributed by atoms with Crippen LogP contribution in [0.3, 0.4) is 0 Å². The van der Waals surface area contributed by atoms with Crippen LogP contribution in [-0.4, -0.2) is 58.2 Å². The Morgan fingerprint density at radius 1 is 1.21 bits per heavy atom. The molecule has 0 bridgehead atoms. The fraction of sp³-hybridized carbons (Fsp3) is 0.400. The topological polar surface area (TPSA) is 69.5 Å². The van der Waals surface area contributed by atoms with Crippen molar-refractivity contribution < 1.29 is 14.3 Å². The van der Waals surface area contributed by atoms with E-state index in [0.29, 0.717) is 12.3 Å². The van der Waals surface area contributed by atoms with Gasteiger partial charge in [0.15, 0.2) is 11.0 Å². The minimum absolute atomic E-state index is 0.00100. The van der Waals surface area contributed by atoms with Crippen molar-refractivity contribution in [2.24, 2.45) is 0 Å². The molecule has 0 spiro atoms. The number of thioether (sulfide) groups is 1. The molecule has 1 amide bonds. The molecule has 2 atom stereocenters. The van der Waals surface area contributed by atoms with Crippen LogP contribution < -0.4 is 4.74 Å².